The molecule has 0 unspecified atom stereocenters. The first-order valence-electron chi connectivity index (χ1n) is 7.29. The summed E-state index contributed by atoms with van der Waals surface area (Å²) in [6.07, 6.45) is 6.05. The van der Waals surface area contributed by atoms with Crippen LogP contribution in [0.5, 0.6) is 5.75 Å². The highest BCUT2D eigenvalue weighted by Crippen LogP contribution is 2.41. The first-order chi connectivity index (χ1) is 12.8. The van der Waals surface area contributed by atoms with Crippen molar-refractivity contribution in [2.24, 2.45) is 0 Å². The predicted molar refractivity (Wildman–Crippen MR) is 100 cm³/mol. The molecule has 1 aromatic rings. The molecule has 0 atom stereocenters. The van der Waals surface area contributed by atoms with Crippen molar-refractivity contribution in [3.05, 3.63) is 56.8 Å². The zero-order valence-electron chi connectivity index (χ0n) is 14.0. The van der Waals surface area contributed by atoms with E-state index in [0.29, 0.717) is 14.6 Å². The largest absolute Gasteiger partial charge is 0.465 e. The molecule has 0 amide bonds. The number of carbonyl (C=O) groups excluding carboxylic acids is 2. The number of methoxy groups -OCH3 is 2. The lowest BCUT2D eigenvalue weighted by Crippen LogP contribution is -2.27. The smallest absolute Gasteiger partial charge is 0.387 e. The van der Waals surface area contributed by atoms with Gasteiger partial charge in [-0.1, -0.05) is 6.08 Å². The summed E-state index contributed by atoms with van der Waals surface area (Å²) in [4.78, 5) is 25.9. The molecule has 0 N–H and O–H groups in total. The van der Waals surface area contributed by atoms with E-state index in [9.17, 15) is 18.4 Å². The van der Waals surface area contributed by atoms with Gasteiger partial charge in [0.05, 0.1) is 25.5 Å². The molecule has 0 aliphatic carbocycles. The fourth-order valence-corrected chi connectivity index (χ4v) is 3.81. The Balaban J connectivity index is 2.67. The summed E-state index contributed by atoms with van der Waals surface area (Å²) in [5.74, 6) is -1.63. The van der Waals surface area contributed by atoms with E-state index in [0.717, 1.165) is 0 Å². The summed E-state index contributed by atoms with van der Waals surface area (Å²) in [7, 11) is 2.35. The van der Waals surface area contributed by atoms with Gasteiger partial charge in [-0.25, -0.2) is 9.59 Å². The molecule has 6 nitrogen and oxygen atoms in total. The second kappa shape index (κ2) is 9.14. The number of esters is 2. The van der Waals surface area contributed by atoms with E-state index in [1.165, 1.54) is 43.5 Å². The summed E-state index contributed by atoms with van der Waals surface area (Å²) in [5.41, 5.74) is 0.206. The molecular weight excluding hydrogens is 496 g/mol. The van der Waals surface area contributed by atoms with Crippen LogP contribution in [0.2, 0.25) is 0 Å². The quantitative estimate of drug-likeness (QED) is 0.552. The monoisotopic (exact) mass is 507 g/mol. The molecule has 10 heteroatoms. The number of halogens is 4. The van der Waals surface area contributed by atoms with Gasteiger partial charge in [0.25, 0.3) is 0 Å². The fourth-order valence-electron chi connectivity index (χ4n) is 2.28. The molecule has 0 fully saturated rings. The van der Waals surface area contributed by atoms with Crippen molar-refractivity contribution >= 4 is 49.5 Å². The zero-order chi connectivity index (χ0) is 20.1. The number of nitrogens with zero attached hydrogens (tertiary/aromatic N) is 1. The summed E-state index contributed by atoms with van der Waals surface area (Å²) in [5, 5.41) is 0. The lowest BCUT2D eigenvalue weighted by molar-refractivity contribution is -0.139. The minimum atomic E-state index is -2.99. The number of benzene rings is 1. The molecule has 0 saturated heterocycles. The minimum absolute atomic E-state index is 0.0407. The van der Waals surface area contributed by atoms with Crippen LogP contribution in [-0.2, 0) is 19.1 Å². The first-order valence-corrected chi connectivity index (χ1v) is 8.87. The van der Waals surface area contributed by atoms with E-state index in [2.05, 4.69) is 36.6 Å². The number of allylic oxidation sites excluding steroid dienone is 2. The summed E-state index contributed by atoms with van der Waals surface area (Å²) in [6, 6.07) is 2.62. The van der Waals surface area contributed by atoms with Crippen LogP contribution in [0.1, 0.15) is 0 Å². The normalized spacial score (nSPS) is 13.7. The highest BCUT2D eigenvalue weighted by Gasteiger charge is 2.29. The number of hydrogen-bond acceptors (Lipinski definition) is 6. The topological polar surface area (TPSA) is 65.1 Å². The van der Waals surface area contributed by atoms with Crippen LogP contribution < -0.4 is 9.64 Å². The van der Waals surface area contributed by atoms with Crippen molar-refractivity contribution in [1.82, 2.24) is 0 Å². The number of ether oxygens (including phenoxy) is 3. The third kappa shape index (κ3) is 4.75. The maximum atomic E-state index is 12.5. The van der Waals surface area contributed by atoms with Gasteiger partial charge in [-0.2, -0.15) is 8.78 Å². The molecule has 1 aliphatic rings. The van der Waals surface area contributed by atoms with E-state index < -0.39 is 18.6 Å². The number of hydrogen-bond donors (Lipinski definition) is 0. The molecule has 1 heterocycles. The fraction of sp³-hybridized carbons (Fsp3) is 0.176. The van der Waals surface area contributed by atoms with E-state index in [1.54, 1.807) is 12.2 Å². The Morgan fingerprint density at radius 1 is 1.04 bits per heavy atom. The average molecular weight is 509 g/mol. The van der Waals surface area contributed by atoms with E-state index in [-0.39, 0.29) is 17.0 Å². The number of rotatable bonds is 5. The predicted octanol–water partition coefficient (Wildman–Crippen LogP) is 4.30. The molecule has 1 aliphatic heterocycles. The van der Waals surface area contributed by atoms with Gasteiger partial charge in [-0.15, -0.1) is 0 Å². The molecular formula is C17H13Br2F2NO5. The van der Waals surface area contributed by atoms with E-state index in [1.807, 2.05) is 0 Å². The van der Waals surface area contributed by atoms with Gasteiger partial charge in [0.1, 0.15) is 11.4 Å². The minimum Gasteiger partial charge on any atom is -0.465 e. The highest BCUT2D eigenvalue weighted by molar-refractivity contribution is 9.11. The van der Waals surface area contributed by atoms with Crippen LogP contribution in [0.3, 0.4) is 0 Å². The molecule has 2 rings (SSSR count). The highest BCUT2D eigenvalue weighted by atomic mass is 79.9. The van der Waals surface area contributed by atoms with Crippen LogP contribution in [0.4, 0.5) is 14.5 Å². The Hall–Kier alpha value is -2.20. The molecule has 144 valence electrons. The van der Waals surface area contributed by atoms with Crippen molar-refractivity contribution in [3.8, 4) is 5.75 Å². The Morgan fingerprint density at radius 3 is 2.15 bits per heavy atom. The van der Waals surface area contributed by atoms with Crippen LogP contribution in [0, 0.1) is 0 Å². The van der Waals surface area contributed by atoms with Crippen molar-refractivity contribution in [2.75, 3.05) is 19.1 Å². The summed E-state index contributed by atoms with van der Waals surface area (Å²) >= 11 is 6.56. The second-order valence-electron chi connectivity index (χ2n) is 4.93. The van der Waals surface area contributed by atoms with Crippen molar-refractivity contribution in [1.29, 1.82) is 0 Å². The standard InChI is InChI=1S/C17H13Br2F2NO5/c1-25-15(23)10-5-3-4-6-22(13(10)16(24)26-2)14-11(18)7-9(8-12(14)19)27-17(20)21/h3-8,17H,1-2H3. The molecule has 0 bridgehead atoms. The second-order valence-corrected chi connectivity index (χ2v) is 6.64. The van der Waals surface area contributed by atoms with Crippen molar-refractivity contribution in [2.45, 2.75) is 6.61 Å². The molecule has 27 heavy (non-hydrogen) atoms. The third-order valence-corrected chi connectivity index (χ3v) is 4.55. The maximum Gasteiger partial charge on any atom is 0.387 e. The van der Waals surface area contributed by atoms with Gasteiger partial charge in [-0.05, 0) is 56.1 Å². The zero-order valence-corrected chi connectivity index (χ0v) is 17.2. The Bertz CT molecular complexity index is 829. The molecule has 0 aromatic heterocycles. The Morgan fingerprint density at radius 2 is 1.63 bits per heavy atom. The lowest BCUT2D eigenvalue weighted by atomic mass is 10.1. The lowest BCUT2D eigenvalue weighted by Gasteiger charge is -2.25. The van der Waals surface area contributed by atoms with Gasteiger partial charge in [-0.3, -0.25) is 0 Å². The third-order valence-electron chi connectivity index (χ3n) is 3.35. The van der Waals surface area contributed by atoms with Gasteiger partial charge < -0.3 is 19.1 Å². The number of anilines is 1. The SMILES string of the molecule is COC(=O)C1=C(C(=O)OC)N(c2c(Br)cc(OC(F)F)cc2Br)C=CC=C1. The van der Waals surface area contributed by atoms with Gasteiger partial charge in [0.15, 0.2) is 0 Å². The Labute approximate surface area is 170 Å². The number of alkyl halides is 2. The van der Waals surface area contributed by atoms with Crippen LogP contribution in [0.25, 0.3) is 0 Å². The van der Waals surface area contributed by atoms with Crippen LogP contribution in [0.15, 0.2) is 56.8 Å². The maximum absolute atomic E-state index is 12.5. The molecule has 0 radical (unpaired) electrons. The molecule has 0 spiro atoms. The van der Waals surface area contributed by atoms with Gasteiger partial charge >= 0.3 is 18.6 Å². The van der Waals surface area contributed by atoms with Crippen LogP contribution in [-0.4, -0.2) is 32.8 Å². The van der Waals surface area contributed by atoms with Crippen LogP contribution >= 0.6 is 31.9 Å². The molecule has 0 saturated carbocycles. The Kier molecular flexibility index (Phi) is 7.14. The summed E-state index contributed by atoms with van der Waals surface area (Å²) in [6.45, 7) is -2.99. The van der Waals surface area contributed by atoms with E-state index in [4.69, 9.17) is 9.47 Å². The summed E-state index contributed by atoms with van der Waals surface area (Å²) < 4.78 is 39.6. The van der Waals surface area contributed by atoms with Crippen molar-refractivity contribution in [3.63, 3.8) is 0 Å². The van der Waals surface area contributed by atoms with Crippen molar-refractivity contribution < 1.29 is 32.6 Å². The molecule has 1 aromatic carbocycles. The van der Waals surface area contributed by atoms with Gasteiger partial charge in [0, 0.05) is 15.1 Å². The van der Waals surface area contributed by atoms with Gasteiger partial charge in [0.2, 0.25) is 0 Å². The average Bonchev–Trinajstić information content (AvgIpc) is 2.82. The van der Waals surface area contributed by atoms with E-state index >= 15 is 0 Å². The first kappa shape index (κ1) is 21.1. The number of carbonyl (C=O) groups is 2.